The molecule has 2 aromatic carbocycles. The van der Waals surface area contributed by atoms with Gasteiger partial charge in [0.2, 0.25) is 15.9 Å². The normalized spacial score (nSPS) is 16.3. The van der Waals surface area contributed by atoms with Gasteiger partial charge in [-0.15, -0.1) is 0 Å². The third-order valence-electron chi connectivity index (χ3n) is 4.86. The lowest BCUT2D eigenvalue weighted by molar-refractivity contribution is -0.120. The minimum atomic E-state index is -3.75. The standard InChI is InChI=1S/C20H24ClN3O4S/c21-18-4-2-1-3-17(18)19(24-9-11-28-12-10-24)14-23-20(25)13-15-5-7-16(8-6-15)29(22,26)27/h1-8,19H,9-14H2,(H,23,25)(H2,22,26,27). The molecule has 0 radical (unpaired) electrons. The van der Waals surface area contributed by atoms with Gasteiger partial charge in [0.15, 0.2) is 0 Å². The lowest BCUT2D eigenvalue weighted by atomic mass is 10.0. The van der Waals surface area contributed by atoms with Crippen molar-refractivity contribution in [1.82, 2.24) is 10.2 Å². The molecule has 7 nitrogen and oxygen atoms in total. The molecule has 2 aromatic rings. The zero-order valence-electron chi connectivity index (χ0n) is 15.9. The predicted octanol–water partition coefficient (Wildman–Crippen LogP) is 1.72. The number of nitrogens with one attached hydrogen (secondary N) is 1. The SMILES string of the molecule is NS(=O)(=O)c1ccc(CC(=O)NCC(c2ccccc2Cl)N2CCOCC2)cc1. The zero-order chi connectivity index (χ0) is 20.9. The van der Waals surface area contributed by atoms with Crippen LogP contribution < -0.4 is 10.5 Å². The lowest BCUT2D eigenvalue weighted by Gasteiger charge is -2.35. The summed E-state index contributed by atoms with van der Waals surface area (Å²) in [4.78, 5) is 14.7. The first-order valence-electron chi connectivity index (χ1n) is 9.29. The number of nitrogens with zero attached hydrogens (tertiary/aromatic N) is 1. The van der Waals surface area contributed by atoms with Gasteiger partial charge in [-0.1, -0.05) is 41.9 Å². The fourth-order valence-electron chi connectivity index (χ4n) is 3.33. The summed E-state index contributed by atoms with van der Waals surface area (Å²) in [5.74, 6) is -0.154. The van der Waals surface area contributed by atoms with E-state index in [0.717, 1.165) is 18.7 Å². The summed E-state index contributed by atoms with van der Waals surface area (Å²) in [5, 5.41) is 8.74. The molecule has 0 bridgehead atoms. The first-order chi connectivity index (χ1) is 13.8. The summed E-state index contributed by atoms with van der Waals surface area (Å²) in [6, 6.07) is 13.6. The van der Waals surface area contributed by atoms with E-state index in [0.29, 0.717) is 30.3 Å². The maximum Gasteiger partial charge on any atom is 0.238 e. The maximum absolute atomic E-state index is 12.5. The molecule has 1 atom stereocenters. The highest BCUT2D eigenvalue weighted by Crippen LogP contribution is 2.27. The summed E-state index contributed by atoms with van der Waals surface area (Å²) in [6.45, 7) is 3.23. The Morgan fingerprint density at radius 2 is 1.79 bits per heavy atom. The van der Waals surface area contributed by atoms with Crippen molar-refractivity contribution >= 4 is 27.5 Å². The zero-order valence-corrected chi connectivity index (χ0v) is 17.5. The topological polar surface area (TPSA) is 102 Å². The molecule has 1 heterocycles. The fraction of sp³-hybridized carbons (Fsp3) is 0.350. The third kappa shape index (κ3) is 6.01. The number of halogens is 1. The van der Waals surface area contributed by atoms with Crippen molar-refractivity contribution < 1.29 is 17.9 Å². The van der Waals surface area contributed by atoms with E-state index in [-0.39, 0.29) is 23.3 Å². The van der Waals surface area contributed by atoms with Crippen LogP contribution >= 0.6 is 11.6 Å². The highest BCUT2D eigenvalue weighted by Gasteiger charge is 2.24. The average Bonchev–Trinajstić information content (AvgIpc) is 2.70. The Labute approximate surface area is 175 Å². The Bertz CT molecular complexity index is 944. The van der Waals surface area contributed by atoms with Crippen LogP contribution in [0.4, 0.5) is 0 Å². The summed E-state index contributed by atoms with van der Waals surface area (Å²) >= 11 is 6.40. The molecule has 1 amide bonds. The number of nitrogens with two attached hydrogens (primary N) is 1. The highest BCUT2D eigenvalue weighted by atomic mass is 35.5. The number of rotatable bonds is 7. The predicted molar refractivity (Wildman–Crippen MR) is 111 cm³/mol. The summed E-state index contributed by atoms with van der Waals surface area (Å²) in [7, 11) is -3.75. The molecule has 3 rings (SSSR count). The van der Waals surface area contributed by atoms with Gasteiger partial charge in [0.1, 0.15) is 0 Å². The fourth-order valence-corrected chi connectivity index (χ4v) is 4.10. The quantitative estimate of drug-likeness (QED) is 0.686. The van der Waals surface area contributed by atoms with Crippen molar-refractivity contribution in [3.05, 3.63) is 64.7 Å². The van der Waals surface area contributed by atoms with Crippen LogP contribution in [0.1, 0.15) is 17.2 Å². The lowest BCUT2D eigenvalue weighted by Crippen LogP contribution is -2.44. The molecule has 0 aliphatic carbocycles. The highest BCUT2D eigenvalue weighted by molar-refractivity contribution is 7.89. The van der Waals surface area contributed by atoms with Crippen LogP contribution in [0.3, 0.4) is 0 Å². The molecule has 9 heteroatoms. The largest absolute Gasteiger partial charge is 0.379 e. The number of hydrogen-bond acceptors (Lipinski definition) is 5. The van der Waals surface area contributed by atoms with E-state index >= 15 is 0 Å². The van der Waals surface area contributed by atoms with Crippen molar-refractivity contribution in [2.45, 2.75) is 17.4 Å². The van der Waals surface area contributed by atoms with E-state index in [9.17, 15) is 13.2 Å². The van der Waals surface area contributed by atoms with Crippen LogP contribution in [0.15, 0.2) is 53.4 Å². The molecular formula is C20H24ClN3O4S. The molecule has 3 N–H and O–H groups in total. The molecular weight excluding hydrogens is 414 g/mol. The van der Waals surface area contributed by atoms with Crippen LogP contribution in [0.5, 0.6) is 0 Å². The summed E-state index contributed by atoms with van der Waals surface area (Å²) in [6.07, 6.45) is 0.142. The van der Waals surface area contributed by atoms with Gasteiger partial charge in [0, 0.05) is 24.7 Å². The minimum absolute atomic E-state index is 0.0211. The maximum atomic E-state index is 12.5. The summed E-state index contributed by atoms with van der Waals surface area (Å²) < 4.78 is 28.1. The van der Waals surface area contributed by atoms with Gasteiger partial charge in [-0.25, -0.2) is 13.6 Å². The second-order valence-electron chi connectivity index (χ2n) is 6.86. The van der Waals surface area contributed by atoms with Gasteiger partial charge in [-0.05, 0) is 29.3 Å². The van der Waals surface area contributed by atoms with Gasteiger partial charge in [0.25, 0.3) is 0 Å². The van der Waals surface area contributed by atoms with Crippen LogP contribution in [0.2, 0.25) is 5.02 Å². The number of primary sulfonamides is 1. The first-order valence-corrected chi connectivity index (χ1v) is 11.2. The van der Waals surface area contributed by atoms with Gasteiger partial charge in [-0.2, -0.15) is 0 Å². The second-order valence-corrected chi connectivity index (χ2v) is 8.82. The average molecular weight is 438 g/mol. The molecule has 29 heavy (non-hydrogen) atoms. The second kappa shape index (κ2) is 9.69. The van der Waals surface area contributed by atoms with E-state index in [2.05, 4.69) is 10.2 Å². The first kappa shape index (κ1) is 21.7. The number of amides is 1. The molecule has 1 saturated heterocycles. The van der Waals surface area contributed by atoms with Gasteiger partial charge >= 0.3 is 0 Å². The Morgan fingerprint density at radius 3 is 2.41 bits per heavy atom. The Hall–Kier alpha value is -1.97. The number of morpholine rings is 1. The Morgan fingerprint density at radius 1 is 1.14 bits per heavy atom. The summed E-state index contributed by atoms with van der Waals surface area (Å²) in [5.41, 5.74) is 1.67. The van der Waals surface area contributed by atoms with Gasteiger partial charge in [0.05, 0.1) is 30.6 Å². The van der Waals surface area contributed by atoms with Crippen LogP contribution in [-0.2, 0) is 26.0 Å². The molecule has 1 fully saturated rings. The van der Waals surface area contributed by atoms with Crippen molar-refractivity contribution in [1.29, 1.82) is 0 Å². The van der Waals surface area contributed by atoms with Crippen LogP contribution in [0.25, 0.3) is 0 Å². The van der Waals surface area contributed by atoms with Crippen molar-refractivity contribution in [3.63, 3.8) is 0 Å². The van der Waals surface area contributed by atoms with Gasteiger partial charge < -0.3 is 10.1 Å². The van der Waals surface area contributed by atoms with E-state index < -0.39 is 10.0 Å². The van der Waals surface area contributed by atoms with E-state index in [1.54, 1.807) is 12.1 Å². The number of carbonyl (C=O) groups is 1. The monoisotopic (exact) mass is 437 g/mol. The number of sulfonamides is 1. The van der Waals surface area contributed by atoms with Gasteiger partial charge in [-0.3, -0.25) is 9.69 Å². The minimum Gasteiger partial charge on any atom is -0.379 e. The molecule has 0 spiro atoms. The van der Waals surface area contributed by atoms with Crippen LogP contribution in [0, 0.1) is 0 Å². The van der Waals surface area contributed by atoms with Crippen molar-refractivity contribution in [2.75, 3.05) is 32.8 Å². The van der Waals surface area contributed by atoms with Crippen molar-refractivity contribution in [2.24, 2.45) is 5.14 Å². The number of carbonyl (C=O) groups excluding carboxylic acids is 1. The number of benzene rings is 2. The van der Waals surface area contributed by atoms with E-state index in [4.69, 9.17) is 21.5 Å². The van der Waals surface area contributed by atoms with Crippen molar-refractivity contribution in [3.8, 4) is 0 Å². The number of hydrogen-bond donors (Lipinski definition) is 2. The molecule has 156 valence electrons. The van der Waals surface area contributed by atoms with E-state index in [1.165, 1.54) is 12.1 Å². The molecule has 0 saturated carbocycles. The van der Waals surface area contributed by atoms with Crippen LogP contribution in [-0.4, -0.2) is 52.1 Å². The third-order valence-corrected chi connectivity index (χ3v) is 6.13. The molecule has 1 aliphatic rings. The molecule has 0 aromatic heterocycles. The molecule has 1 unspecified atom stereocenters. The smallest absolute Gasteiger partial charge is 0.238 e. The Balaban J connectivity index is 1.65. The number of ether oxygens (including phenoxy) is 1. The molecule has 1 aliphatic heterocycles. The van der Waals surface area contributed by atoms with E-state index in [1.807, 2.05) is 24.3 Å². The Kier molecular flexibility index (Phi) is 7.26.